The summed E-state index contributed by atoms with van der Waals surface area (Å²) in [5.41, 5.74) is 4.95. The number of hydrogen-bond acceptors (Lipinski definition) is 3. The van der Waals surface area contributed by atoms with Crippen molar-refractivity contribution in [1.29, 1.82) is 0 Å². The smallest absolute Gasteiger partial charge is 0.0703 e. The van der Waals surface area contributed by atoms with Crippen molar-refractivity contribution >= 4 is 0 Å². The summed E-state index contributed by atoms with van der Waals surface area (Å²) in [6, 6.07) is 29.4. The summed E-state index contributed by atoms with van der Waals surface area (Å²) in [7, 11) is 0. The van der Waals surface area contributed by atoms with Crippen LogP contribution in [0.5, 0.6) is 0 Å². The summed E-state index contributed by atoms with van der Waals surface area (Å²) in [6.07, 6.45) is 2.16. The molecule has 156 valence electrons. The highest BCUT2D eigenvalue weighted by atomic mass is 16.5. The first-order valence-corrected chi connectivity index (χ1v) is 11.0. The SMILES string of the molecule is OC(CCC1CN(Cc2ccccc2)CCO1)Cc1ccccc1-c1ccccc1. The summed E-state index contributed by atoms with van der Waals surface area (Å²) in [5.74, 6) is 0. The molecular formula is C27H31NO2. The lowest BCUT2D eigenvalue weighted by molar-refractivity contribution is -0.0401. The summed E-state index contributed by atoms with van der Waals surface area (Å²) < 4.78 is 5.99. The van der Waals surface area contributed by atoms with E-state index in [-0.39, 0.29) is 12.2 Å². The maximum absolute atomic E-state index is 10.7. The van der Waals surface area contributed by atoms with E-state index in [1.54, 1.807) is 0 Å². The second kappa shape index (κ2) is 10.5. The highest BCUT2D eigenvalue weighted by molar-refractivity contribution is 5.67. The molecule has 4 rings (SSSR count). The number of hydrogen-bond donors (Lipinski definition) is 1. The lowest BCUT2D eigenvalue weighted by atomic mass is 9.94. The van der Waals surface area contributed by atoms with E-state index in [1.807, 2.05) is 6.07 Å². The molecule has 0 spiro atoms. The van der Waals surface area contributed by atoms with Crippen LogP contribution in [0.2, 0.25) is 0 Å². The molecule has 3 aromatic rings. The van der Waals surface area contributed by atoms with Crippen LogP contribution < -0.4 is 0 Å². The Morgan fingerprint density at radius 3 is 2.40 bits per heavy atom. The molecular weight excluding hydrogens is 370 g/mol. The van der Waals surface area contributed by atoms with Crippen molar-refractivity contribution in [2.24, 2.45) is 0 Å². The maximum atomic E-state index is 10.7. The molecule has 0 saturated carbocycles. The lowest BCUT2D eigenvalue weighted by Crippen LogP contribution is -2.42. The third-order valence-corrected chi connectivity index (χ3v) is 5.85. The number of benzene rings is 3. The van der Waals surface area contributed by atoms with Crippen molar-refractivity contribution in [1.82, 2.24) is 4.90 Å². The number of ether oxygens (including phenoxy) is 1. The Balaban J connectivity index is 1.29. The van der Waals surface area contributed by atoms with Gasteiger partial charge in [0.15, 0.2) is 0 Å². The lowest BCUT2D eigenvalue weighted by Gasteiger charge is -2.33. The highest BCUT2D eigenvalue weighted by Crippen LogP contribution is 2.25. The Bertz CT molecular complexity index is 897. The zero-order valence-corrected chi connectivity index (χ0v) is 17.5. The van der Waals surface area contributed by atoms with Crippen LogP contribution in [0.1, 0.15) is 24.0 Å². The molecule has 1 fully saturated rings. The first kappa shape index (κ1) is 20.8. The average molecular weight is 402 g/mol. The third-order valence-electron chi connectivity index (χ3n) is 5.85. The second-order valence-electron chi connectivity index (χ2n) is 8.17. The minimum Gasteiger partial charge on any atom is -0.393 e. The molecule has 0 radical (unpaired) electrons. The van der Waals surface area contributed by atoms with Gasteiger partial charge in [-0.2, -0.15) is 0 Å². The molecule has 1 N–H and O–H groups in total. The van der Waals surface area contributed by atoms with Gasteiger partial charge in [-0.05, 0) is 41.5 Å². The number of rotatable bonds is 8. The molecule has 0 aliphatic carbocycles. The van der Waals surface area contributed by atoms with Gasteiger partial charge in [0.2, 0.25) is 0 Å². The van der Waals surface area contributed by atoms with E-state index in [9.17, 15) is 5.11 Å². The summed E-state index contributed by atoms with van der Waals surface area (Å²) in [4.78, 5) is 2.46. The summed E-state index contributed by atoms with van der Waals surface area (Å²) in [5, 5.41) is 10.7. The van der Waals surface area contributed by atoms with Gasteiger partial charge >= 0.3 is 0 Å². The van der Waals surface area contributed by atoms with Gasteiger partial charge in [-0.15, -0.1) is 0 Å². The number of nitrogens with zero attached hydrogens (tertiary/aromatic N) is 1. The van der Waals surface area contributed by atoms with E-state index < -0.39 is 0 Å². The van der Waals surface area contributed by atoms with Crippen LogP contribution in [-0.2, 0) is 17.7 Å². The van der Waals surface area contributed by atoms with Gasteiger partial charge in [-0.1, -0.05) is 84.9 Å². The predicted molar refractivity (Wildman–Crippen MR) is 122 cm³/mol. The molecule has 2 atom stereocenters. The molecule has 3 heteroatoms. The largest absolute Gasteiger partial charge is 0.393 e. The van der Waals surface area contributed by atoms with E-state index in [4.69, 9.17) is 4.74 Å². The Kier molecular flexibility index (Phi) is 7.30. The molecule has 30 heavy (non-hydrogen) atoms. The normalized spacial score (nSPS) is 18.2. The molecule has 2 unspecified atom stereocenters. The van der Waals surface area contributed by atoms with Crippen molar-refractivity contribution in [2.45, 2.75) is 38.0 Å². The van der Waals surface area contributed by atoms with Gasteiger partial charge in [0.25, 0.3) is 0 Å². The van der Waals surface area contributed by atoms with E-state index >= 15 is 0 Å². The summed E-state index contributed by atoms with van der Waals surface area (Å²) in [6.45, 7) is 3.64. The van der Waals surface area contributed by atoms with Gasteiger partial charge in [0.05, 0.1) is 18.8 Å². The van der Waals surface area contributed by atoms with E-state index in [2.05, 4.69) is 83.8 Å². The fraction of sp³-hybridized carbons (Fsp3) is 0.333. The Morgan fingerprint density at radius 2 is 1.60 bits per heavy atom. The first-order valence-electron chi connectivity index (χ1n) is 11.0. The zero-order valence-electron chi connectivity index (χ0n) is 17.5. The number of aliphatic hydroxyl groups is 1. The van der Waals surface area contributed by atoms with E-state index in [0.717, 1.165) is 39.1 Å². The maximum Gasteiger partial charge on any atom is 0.0703 e. The predicted octanol–water partition coefficient (Wildman–Crippen LogP) is 4.94. The van der Waals surface area contributed by atoms with E-state index in [1.165, 1.54) is 22.3 Å². The van der Waals surface area contributed by atoms with Crippen LogP contribution >= 0.6 is 0 Å². The third kappa shape index (κ3) is 5.79. The molecule has 1 aliphatic rings. The van der Waals surface area contributed by atoms with Gasteiger partial charge < -0.3 is 9.84 Å². The Labute approximate surface area is 179 Å². The van der Waals surface area contributed by atoms with Crippen molar-refractivity contribution in [3.63, 3.8) is 0 Å². The molecule has 0 bridgehead atoms. The van der Waals surface area contributed by atoms with Crippen LogP contribution in [0.3, 0.4) is 0 Å². The minimum absolute atomic E-state index is 0.196. The van der Waals surface area contributed by atoms with E-state index in [0.29, 0.717) is 6.42 Å². The molecule has 1 saturated heterocycles. The monoisotopic (exact) mass is 401 g/mol. The summed E-state index contributed by atoms with van der Waals surface area (Å²) >= 11 is 0. The standard InChI is InChI=1S/C27H31NO2/c29-25(19-24-13-7-8-14-27(24)23-11-5-2-6-12-23)15-16-26-21-28(17-18-30-26)20-22-9-3-1-4-10-22/h1-14,25-26,29H,15-21H2. The van der Waals surface area contributed by atoms with Crippen molar-refractivity contribution in [3.05, 3.63) is 96.1 Å². The van der Waals surface area contributed by atoms with Gasteiger partial charge in [0, 0.05) is 19.6 Å². The highest BCUT2D eigenvalue weighted by Gasteiger charge is 2.21. The van der Waals surface area contributed by atoms with Crippen LogP contribution in [-0.4, -0.2) is 41.9 Å². The number of morpholine rings is 1. The van der Waals surface area contributed by atoms with Crippen LogP contribution in [0.15, 0.2) is 84.9 Å². The molecule has 0 aromatic heterocycles. The second-order valence-corrected chi connectivity index (χ2v) is 8.17. The van der Waals surface area contributed by atoms with Gasteiger partial charge in [0.1, 0.15) is 0 Å². The zero-order chi connectivity index (χ0) is 20.6. The molecule has 1 heterocycles. The van der Waals surface area contributed by atoms with Crippen LogP contribution in [0, 0.1) is 0 Å². The Morgan fingerprint density at radius 1 is 0.900 bits per heavy atom. The quantitative estimate of drug-likeness (QED) is 0.580. The molecule has 0 amide bonds. The molecule has 3 nitrogen and oxygen atoms in total. The van der Waals surface area contributed by atoms with Crippen molar-refractivity contribution < 1.29 is 9.84 Å². The topological polar surface area (TPSA) is 32.7 Å². The molecule has 1 aliphatic heterocycles. The van der Waals surface area contributed by atoms with Gasteiger partial charge in [-0.3, -0.25) is 4.90 Å². The van der Waals surface area contributed by atoms with Crippen LogP contribution in [0.4, 0.5) is 0 Å². The van der Waals surface area contributed by atoms with Crippen LogP contribution in [0.25, 0.3) is 11.1 Å². The molecule has 3 aromatic carbocycles. The Hall–Kier alpha value is -2.46. The van der Waals surface area contributed by atoms with Crippen molar-refractivity contribution in [3.8, 4) is 11.1 Å². The minimum atomic E-state index is -0.358. The average Bonchev–Trinajstić information content (AvgIpc) is 2.80. The van der Waals surface area contributed by atoms with Gasteiger partial charge in [-0.25, -0.2) is 0 Å². The first-order chi connectivity index (χ1) is 14.8. The number of aliphatic hydroxyl groups excluding tert-OH is 1. The fourth-order valence-corrected chi connectivity index (χ4v) is 4.27. The fourth-order valence-electron chi connectivity index (χ4n) is 4.27. The van der Waals surface area contributed by atoms with Crippen molar-refractivity contribution in [2.75, 3.05) is 19.7 Å².